The maximum absolute atomic E-state index is 13.5. The number of carbonyl (C=O) groups is 1. The van der Waals surface area contributed by atoms with Crippen molar-refractivity contribution in [1.29, 1.82) is 0 Å². The molecule has 2 saturated carbocycles. The minimum Gasteiger partial charge on any atom is -0.493 e. The van der Waals surface area contributed by atoms with Crippen LogP contribution >= 0.6 is 15.9 Å². The molecule has 0 radical (unpaired) electrons. The van der Waals surface area contributed by atoms with Crippen LogP contribution in [-0.2, 0) is 16.6 Å². The number of ether oxygens (including phenoxy) is 2. The zero-order chi connectivity index (χ0) is 20.1. The number of rotatable bonds is 3. The Morgan fingerprint density at radius 1 is 1.34 bits per heavy atom. The third kappa shape index (κ3) is 2.21. The molecule has 2 heterocycles. The Morgan fingerprint density at radius 2 is 2.14 bits per heavy atom. The molecular weight excluding hydrogens is 430 g/mol. The van der Waals surface area contributed by atoms with Crippen molar-refractivity contribution >= 4 is 21.7 Å². The number of halogens is 1. The standard InChI is InChI=1S/C24H30BrNO3/c1-12-13(2)21(27)23-24-7-8-26(11-14-5-4-6-14)17(19(12)24)9-15-16(25)10-18(28-3)22(29-23)20(15)24/h10,12-14,17,19,23H,4-9,11H2,1-3H3/t12-,13-,17+,19-,23?,24-/m0/s1. The zero-order valence-electron chi connectivity index (χ0n) is 17.5. The van der Waals surface area contributed by atoms with E-state index in [4.69, 9.17) is 9.47 Å². The molecule has 2 bridgehead atoms. The first-order valence-corrected chi connectivity index (χ1v) is 12.1. The molecule has 1 aromatic rings. The van der Waals surface area contributed by atoms with Crippen molar-refractivity contribution in [3.63, 3.8) is 0 Å². The van der Waals surface area contributed by atoms with Gasteiger partial charge in [-0.25, -0.2) is 0 Å². The molecule has 0 amide bonds. The predicted molar refractivity (Wildman–Crippen MR) is 115 cm³/mol. The quantitative estimate of drug-likeness (QED) is 0.672. The van der Waals surface area contributed by atoms with E-state index in [0.29, 0.717) is 23.7 Å². The van der Waals surface area contributed by atoms with Crippen LogP contribution in [0.1, 0.15) is 50.7 Å². The van der Waals surface area contributed by atoms with Crippen LogP contribution < -0.4 is 9.47 Å². The molecule has 3 fully saturated rings. The smallest absolute Gasteiger partial charge is 0.177 e. The number of hydrogen-bond acceptors (Lipinski definition) is 4. The van der Waals surface area contributed by atoms with E-state index in [2.05, 4.69) is 34.7 Å². The second-order valence-corrected chi connectivity index (χ2v) is 11.0. The molecule has 1 aromatic carbocycles. The topological polar surface area (TPSA) is 38.8 Å². The monoisotopic (exact) mass is 459 g/mol. The molecule has 1 unspecified atom stereocenters. The molecule has 1 spiro atoms. The molecule has 5 heteroatoms. The van der Waals surface area contributed by atoms with Crippen LogP contribution in [-0.4, -0.2) is 43.0 Å². The number of benzene rings is 1. The average molecular weight is 460 g/mol. The highest BCUT2D eigenvalue weighted by molar-refractivity contribution is 9.10. The van der Waals surface area contributed by atoms with E-state index in [1.165, 1.54) is 36.9 Å². The predicted octanol–water partition coefficient (Wildman–Crippen LogP) is 4.36. The Balaban J connectivity index is 1.55. The van der Waals surface area contributed by atoms with Crippen LogP contribution in [0.5, 0.6) is 11.5 Å². The highest BCUT2D eigenvalue weighted by Gasteiger charge is 2.69. The molecule has 0 aromatic heterocycles. The zero-order valence-corrected chi connectivity index (χ0v) is 19.1. The summed E-state index contributed by atoms with van der Waals surface area (Å²) in [5.74, 6) is 3.68. The van der Waals surface area contributed by atoms with Gasteiger partial charge >= 0.3 is 0 Å². The fraction of sp³-hybridized carbons (Fsp3) is 0.708. The first kappa shape index (κ1) is 18.7. The summed E-state index contributed by atoms with van der Waals surface area (Å²) >= 11 is 3.85. The van der Waals surface area contributed by atoms with Crippen molar-refractivity contribution in [2.75, 3.05) is 20.2 Å². The van der Waals surface area contributed by atoms with E-state index in [1.54, 1.807) is 7.11 Å². The van der Waals surface area contributed by atoms with Gasteiger partial charge in [0.15, 0.2) is 23.4 Å². The van der Waals surface area contributed by atoms with Gasteiger partial charge in [0.1, 0.15) is 0 Å². The second-order valence-electron chi connectivity index (χ2n) is 10.2. The first-order valence-electron chi connectivity index (χ1n) is 11.3. The number of Topliss-reactive ketones (excluding diaryl/α,β-unsaturated/α-hetero) is 1. The van der Waals surface area contributed by atoms with Crippen LogP contribution in [0.3, 0.4) is 0 Å². The average Bonchev–Trinajstić information content (AvgIpc) is 3.01. The normalized spacial score (nSPS) is 40.3. The summed E-state index contributed by atoms with van der Waals surface area (Å²) in [6.07, 6.45) is 5.89. The van der Waals surface area contributed by atoms with Crippen molar-refractivity contribution in [3.8, 4) is 11.5 Å². The van der Waals surface area contributed by atoms with E-state index in [-0.39, 0.29) is 17.4 Å². The van der Waals surface area contributed by atoms with Crippen molar-refractivity contribution in [2.24, 2.45) is 23.7 Å². The number of likely N-dealkylation sites (tertiary alicyclic amines) is 1. The van der Waals surface area contributed by atoms with Gasteiger partial charge in [-0.05, 0) is 61.6 Å². The van der Waals surface area contributed by atoms with Crippen LogP contribution in [0.15, 0.2) is 10.5 Å². The number of hydrogen-bond donors (Lipinski definition) is 0. The van der Waals surface area contributed by atoms with Gasteiger partial charge in [0, 0.05) is 34.0 Å². The molecular formula is C24H30BrNO3. The summed E-state index contributed by atoms with van der Waals surface area (Å²) in [5, 5.41) is 0. The van der Waals surface area contributed by atoms with Gasteiger partial charge < -0.3 is 9.47 Å². The molecule has 3 aliphatic carbocycles. The lowest BCUT2D eigenvalue weighted by molar-refractivity contribution is -0.152. The summed E-state index contributed by atoms with van der Waals surface area (Å²) in [6.45, 7) is 6.76. The molecule has 2 aliphatic heterocycles. The van der Waals surface area contributed by atoms with Crippen LogP contribution in [0.4, 0.5) is 0 Å². The molecule has 29 heavy (non-hydrogen) atoms. The molecule has 6 rings (SSSR count). The fourth-order valence-electron chi connectivity index (χ4n) is 7.43. The summed E-state index contributed by atoms with van der Waals surface area (Å²) in [7, 11) is 1.70. The molecule has 0 N–H and O–H groups in total. The molecule has 5 aliphatic rings. The number of nitrogens with zero attached hydrogens (tertiary/aromatic N) is 1. The highest BCUT2D eigenvalue weighted by Crippen LogP contribution is 2.66. The third-order valence-electron chi connectivity index (χ3n) is 9.17. The summed E-state index contributed by atoms with van der Waals surface area (Å²) in [4.78, 5) is 16.3. The lowest BCUT2D eigenvalue weighted by Crippen LogP contribution is -2.70. The number of carbonyl (C=O) groups excluding carboxylic acids is 1. The van der Waals surface area contributed by atoms with Crippen molar-refractivity contribution in [3.05, 3.63) is 21.7 Å². The van der Waals surface area contributed by atoms with Gasteiger partial charge in [0.2, 0.25) is 0 Å². The maximum Gasteiger partial charge on any atom is 0.177 e. The SMILES string of the molecule is COc1cc(Br)c2c3c1OC1C(=O)[C@@H](C)[C@H](C)[C@H]4[C@@H](C2)N(CC2CCC2)CC[C@]314. The Labute approximate surface area is 181 Å². The van der Waals surface area contributed by atoms with Gasteiger partial charge in [0.25, 0.3) is 0 Å². The first-order chi connectivity index (χ1) is 14.0. The summed E-state index contributed by atoms with van der Waals surface area (Å²) in [5.41, 5.74) is 2.48. The Hall–Kier alpha value is -1.07. The third-order valence-corrected chi connectivity index (χ3v) is 9.88. The van der Waals surface area contributed by atoms with Crippen LogP contribution in [0.25, 0.3) is 0 Å². The Bertz CT molecular complexity index is 897. The molecule has 156 valence electrons. The minimum absolute atomic E-state index is 0.0505. The summed E-state index contributed by atoms with van der Waals surface area (Å²) in [6, 6.07) is 2.55. The largest absolute Gasteiger partial charge is 0.493 e. The second kappa shape index (κ2) is 6.23. The van der Waals surface area contributed by atoms with Crippen molar-refractivity contribution < 1.29 is 14.3 Å². The Morgan fingerprint density at radius 3 is 2.83 bits per heavy atom. The van der Waals surface area contributed by atoms with E-state index >= 15 is 0 Å². The number of piperidine rings is 1. The van der Waals surface area contributed by atoms with E-state index in [9.17, 15) is 4.79 Å². The lowest BCUT2D eigenvalue weighted by atomic mass is 9.47. The highest BCUT2D eigenvalue weighted by atomic mass is 79.9. The number of methoxy groups -OCH3 is 1. The van der Waals surface area contributed by atoms with E-state index < -0.39 is 0 Å². The van der Waals surface area contributed by atoms with Crippen LogP contribution in [0.2, 0.25) is 0 Å². The Kier molecular flexibility index (Phi) is 4.01. The fourth-order valence-corrected chi connectivity index (χ4v) is 8.00. The molecule has 6 atom stereocenters. The van der Waals surface area contributed by atoms with Crippen molar-refractivity contribution in [1.82, 2.24) is 4.90 Å². The number of ketones is 1. The van der Waals surface area contributed by atoms with Gasteiger partial charge in [-0.15, -0.1) is 0 Å². The van der Waals surface area contributed by atoms with E-state index in [1.807, 2.05) is 6.07 Å². The van der Waals surface area contributed by atoms with Gasteiger partial charge in [-0.3, -0.25) is 9.69 Å². The van der Waals surface area contributed by atoms with Crippen LogP contribution in [0, 0.1) is 23.7 Å². The maximum atomic E-state index is 13.5. The van der Waals surface area contributed by atoms with Gasteiger partial charge in [-0.1, -0.05) is 36.2 Å². The van der Waals surface area contributed by atoms with Gasteiger partial charge in [-0.2, -0.15) is 0 Å². The van der Waals surface area contributed by atoms with E-state index in [0.717, 1.165) is 41.3 Å². The molecule has 4 nitrogen and oxygen atoms in total. The summed E-state index contributed by atoms with van der Waals surface area (Å²) < 4.78 is 13.3. The lowest BCUT2D eigenvalue weighted by Gasteiger charge is -2.61. The van der Waals surface area contributed by atoms with Gasteiger partial charge in [0.05, 0.1) is 7.11 Å². The van der Waals surface area contributed by atoms with Crippen molar-refractivity contribution in [2.45, 2.75) is 63.5 Å². The minimum atomic E-state index is -0.343. The molecule has 1 saturated heterocycles.